The highest BCUT2D eigenvalue weighted by Gasteiger charge is 2.28. The maximum Gasteiger partial charge on any atom is 0.260 e. The maximum absolute atomic E-state index is 12.3. The Morgan fingerprint density at radius 2 is 2.04 bits per heavy atom. The quantitative estimate of drug-likeness (QED) is 0.811. The fraction of sp³-hybridized carbons (Fsp3) is 0.588. The number of aryl methyl sites for hydroxylation is 1. The minimum absolute atomic E-state index is 0.0341. The molecule has 1 atom stereocenters. The zero-order valence-electron chi connectivity index (χ0n) is 14.8. The van der Waals surface area contributed by atoms with Gasteiger partial charge in [-0.05, 0) is 57.4 Å². The number of carbonyl (C=O) groups excluding carboxylic acids is 1. The fourth-order valence-corrected chi connectivity index (χ4v) is 4.13. The monoisotopic (exact) mass is 388 g/mol. The highest BCUT2D eigenvalue weighted by atomic mass is 35.5. The lowest BCUT2D eigenvalue weighted by Gasteiger charge is -2.32. The van der Waals surface area contributed by atoms with Crippen LogP contribution >= 0.6 is 11.6 Å². The summed E-state index contributed by atoms with van der Waals surface area (Å²) in [5, 5.41) is 3.57. The topological polar surface area (TPSA) is 75.7 Å². The molecule has 1 saturated heterocycles. The van der Waals surface area contributed by atoms with Gasteiger partial charge in [0.15, 0.2) is 6.10 Å². The van der Waals surface area contributed by atoms with E-state index in [1.807, 2.05) is 6.92 Å². The second kappa shape index (κ2) is 8.38. The highest BCUT2D eigenvalue weighted by molar-refractivity contribution is 7.89. The molecule has 0 unspecified atom stereocenters. The maximum atomic E-state index is 12.3. The molecule has 0 radical (unpaired) electrons. The molecule has 25 heavy (non-hydrogen) atoms. The molecule has 2 rings (SSSR count). The summed E-state index contributed by atoms with van der Waals surface area (Å²) in [5.41, 5.74) is 0.866. The highest BCUT2D eigenvalue weighted by Crippen LogP contribution is 2.23. The molecule has 0 aromatic heterocycles. The van der Waals surface area contributed by atoms with Gasteiger partial charge >= 0.3 is 0 Å². The van der Waals surface area contributed by atoms with Crippen LogP contribution in [0.5, 0.6) is 5.75 Å². The van der Waals surface area contributed by atoms with E-state index in [-0.39, 0.29) is 17.7 Å². The van der Waals surface area contributed by atoms with E-state index in [1.54, 1.807) is 32.0 Å². The molecular weight excluding hydrogens is 364 g/mol. The van der Waals surface area contributed by atoms with E-state index in [4.69, 9.17) is 16.3 Å². The summed E-state index contributed by atoms with van der Waals surface area (Å²) >= 11 is 5.92. The number of piperidine rings is 1. The van der Waals surface area contributed by atoms with Crippen LogP contribution in [0.25, 0.3) is 0 Å². The van der Waals surface area contributed by atoms with E-state index in [9.17, 15) is 13.2 Å². The van der Waals surface area contributed by atoms with E-state index in [2.05, 4.69) is 5.32 Å². The van der Waals surface area contributed by atoms with E-state index in [0.29, 0.717) is 36.7 Å². The van der Waals surface area contributed by atoms with Gasteiger partial charge in [0, 0.05) is 24.2 Å². The van der Waals surface area contributed by atoms with Crippen LogP contribution in [0.1, 0.15) is 32.3 Å². The summed E-state index contributed by atoms with van der Waals surface area (Å²) in [5.74, 6) is 0.525. The fourth-order valence-electron chi connectivity index (χ4n) is 2.77. The molecule has 1 N–H and O–H groups in total. The Kier molecular flexibility index (Phi) is 6.71. The number of rotatable bonds is 6. The lowest BCUT2D eigenvalue weighted by molar-refractivity contribution is -0.128. The first kappa shape index (κ1) is 20.0. The van der Waals surface area contributed by atoms with Crippen LogP contribution in [0.3, 0.4) is 0 Å². The number of amides is 1. The summed E-state index contributed by atoms with van der Waals surface area (Å²) in [6.45, 7) is 6.08. The smallest absolute Gasteiger partial charge is 0.260 e. The molecule has 6 nitrogen and oxygen atoms in total. The summed E-state index contributed by atoms with van der Waals surface area (Å²) in [7, 11) is -3.15. The normalized spacial score (nSPS) is 17.9. The van der Waals surface area contributed by atoms with Crippen molar-refractivity contribution in [3.05, 3.63) is 28.8 Å². The zero-order valence-corrected chi connectivity index (χ0v) is 16.4. The van der Waals surface area contributed by atoms with Crippen molar-refractivity contribution >= 4 is 27.5 Å². The van der Waals surface area contributed by atoms with Gasteiger partial charge in [-0.2, -0.15) is 0 Å². The van der Waals surface area contributed by atoms with Gasteiger partial charge in [-0.25, -0.2) is 12.7 Å². The van der Waals surface area contributed by atoms with Crippen molar-refractivity contribution in [3.8, 4) is 5.75 Å². The molecule has 1 amide bonds. The molecule has 1 fully saturated rings. The number of sulfonamides is 1. The Bertz CT molecular complexity index is 715. The van der Waals surface area contributed by atoms with Crippen LogP contribution in [0, 0.1) is 6.92 Å². The Balaban J connectivity index is 1.86. The lowest BCUT2D eigenvalue weighted by Crippen LogP contribution is -2.49. The van der Waals surface area contributed by atoms with Gasteiger partial charge in [-0.3, -0.25) is 4.79 Å². The molecule has 0 spiro atoms. The second-order valence-electron chi connectivity index (χ2n) is 6.25. The van der Waals surface area contributed by atoms with Gasteiger partial charge in [0.1, 0.15) is 5.75 Å². The van der Waals surface area contributed by atoms with Crippen molar-refractivity contribution < 1.29 is 17.9 Å². The van der Waals surface area contributed by atoms with Gasteiger partial charge in [0.05, 0.1) is 5.75 Å². The number of benzene rings is 1. The van der Waals surface area contributed by atoms with Crippen LogP contribution in [0.2, 0.25) is 5.02 Å². The van der Waals surface area contributed by atoms with Gasteiger partial charge in [0.2, 0.25) is 10.0 Å². The average molecular weight is 389 g/mol. The predicted molar refractivity (Wildman–Crippen MR) is 98.5 cm³/mol. The van der Waals surface area contributed by atoms with Crippen LogP contribution in [0.15, 0.2) is 18.2 Å². The number of ether oxygens (including phenoxy) is 1. The van der Waals surface area contributed by atoms with Crippen molar-refractivity contribution in [1.29, 1.82) is 0 Å². The Hall–Kier alpha value is -1.31. The Morgan fingerprint density at radius 1 is 1.40 bits per heavy atom. The van der Waals surface area contributed by atoms with Crippen LogP contribution < -0.4 is 10.1 Å². The van der Waals surface area contributed by atoms with E-state index < -0.39 is 16.1 Å². The second-order valence-corrected chi connectivity index (χ2v) is 8.95. The van der Waals surface area contributed by atoms with E-state index in [1.165, 1.54) is 4.31 Å². The summed E-state index contributed by atoms with van der Waals surface area (Å²) in [6, 6.07) is 5.22. The first-order valence-corrected chi connectivity index (χ1v) is 10.4. The van der Waals surface area contributed by atoms with Crippen molar-refractivity contribution in [2.45, 2.75) is 45.8 Å². The number of nitrogens with one attached hydrogen (secondary N) is 1. The van der Waals surface area contributed by atoms with E-state index in [0.717, 1.165) is 5.56 Å². The molecule has 140 valence electrons. The molecule has 1 aromatic rings. The molecule has 1 aliphatic heterocycles. The molecule has 8 heteroatoms. The summed E-state index contributed by atoms with van der Waals surface area (Å²) < 4.78 is 30.9. The minimum Gasteiger partial charge on any atom is -0.481 e. The summed E-state index contributed by atoms with van der Waals surface area (Å²) in [6.07, 6.45) is 0.576. The van der Waals surface area contributed by atoms with Crippen molar-refractivity contribution in [2.75, 3.05) is 18.8 Å². The number of hydrogen-bond acceptors (Lipinski definition) is 4. The summed E-state index contributed by atoms with van der Waals surface area (Å²) in [4.78, 5) is 12.3. The third-order valence-electron chi connectivity index (χ3n) is 4.37. The van der Waals surface area contributed by atoms with Crippen LogP contribution in [-0.4, -0.2) is 49.6 Å². The van der Waals surface area contributed by atoms with E-state index >= 15 is 0 Å². The largest absolute Gasteiger partial charge is 0.481 e. The number of halogens is 1. The zero-order chi connectivity index (χ0) is 18.6. The molecule has 1 aromatic carbocycles. The Labute approximate surface area is 154 Å². The molecule has 1 aliphatic rings. The lowest BCUT2D eigenvalue weighted by atomic mass is 10.1. The van der Waals surface area contributed by atoms with Crippen molar-refractivity contribution in [3.63, 3.8) is 0 Å². The van der Waals surface area contributed by atoms with Crippen molar-refractivity contribution in [2.24, 2.45) is 0 Å². The minimum atomic E-state index is -3.15. The average Bonchev–Trinajstić information content (AvgIpc) is 2.57. The number of hydrogen-bond donors (Lipinski definition) is 1. The third-order valence-corrected chi connectivity index (χ3v) is 6.49. The van der Waals surface area contributed by atoms with Crippen LogP contribution in [-0.2, 0) is 14.8 Å². The van der Waals surface area contributed by atoms with Crippen molar-refractivity contribution in [1.82, 2.24) is 9.62 Å². The molecule has 0 aliphatic carbocycles. The number of carbonyl (C=O) groups is 1. The molecule has 0 bridgehead atoms. The predicted octanol–water partition coefficient (Wildman–Crippen LogP) is 2.35. The SMILES string of the molecule is CCS(=O)(=O)N1CCC(NC(=O)[C@H](C)Oc2ccc(Cl)cc2C)CC1. The van der Waals surface area contributed by atoms with Crippen LogP contribution in [0.4, 0.5) is 0 Å². The van der Waals surface area contributed by atoms with Gasteiger partial charge in [-0.1, -0.05) is 11.6 Å². The van der Waals surface area contributed by atoms with Gasteiger partial charge < -0.3 is 10.1 Å². The van der Waals surface area contributed by atoms with Gasteiger partial charge in [0.25, 0.3) is 5.91 Å². The first-order valence-electron chi connectivity index (χ1n) is 8.44. The number of nitrogens with zero attached hydrogens (tertiary/aromatic N) is 1. The Morgan fingerprint density at radius 3 is 2.60 bits per heavy atom. The van der Waals surface area contributed by atoms with Gasteiger partial charge in [-0.15, -0.1) is 0 Å². The molecular formula is C17H25ClN2O4S. The third kappa shape index (κ3) is 5.33. The standard InChI is InChI=1S/C17H25ClN2O4S/c1-4-25(22,23)20-9-7-15(8-10-20)19-17(21)13(3)24-16-6-5-14(18)11-12(16)2/h5-6,11,13,15H,4,7-10H2,1-3H3,(H,19,21)/t13-/m0/s1. The molecule has 1 heterocycles. The molecule has 0 saturated carbocycles. The first-order chi connectivity index (χ1) is 11.7.